The van der Waals surface area contributed by atoms with Crippen LogP contribution in [-0.2, 0) is 9.53 Å². The highest BCUT2D eigenvalue weighted by Crippen LogP contribution is 2.26. The molecule has 0 radical (unpaired) electrons. The van der Waals surface area contributed by atoms with Gasteiger partial charge in [-0.3, -0.25) is 4.79 Å². The van der Waals surface area contributed by atoms with Crippen LogP contribution in [0.25, 0.3) is 0 Å². The maximum absolute atomic E-state index is 11.5. The van der Waals surface area contributed by atoms with Gasteiger partial charge in [0, 0.05) is 6.54 Å². The van der Waals surface area contributed by atoms with Gasteiger partial charge in [-0.05, 0) is 19.1 Å². The topological polar surface area (TPSA) is 77.0 Å². The van der Waals surface area contributed by atoms with E-state index in [-0.39, 0.29) is 25.7 Å². The zero-order valence-electron chi connectivity index (χ0n) is 11.6. The fraction of sp³-hybridized carbons (Fsp3) is 0.500. The lowest BCUT2D eigenvalue weighted by Crippen LogP contribution is -2.31. The minimum atomic E-state index is -0.232. The van der Waals surface area contributed by atoms with Crippen molar-refractivity contribution in [2.24, 2.45) is 0 Å². The molecule has 0 saturated carbocycles. The van der Waals surface area contributed by atoms with E-state index in [4.69, 9.17) is 19.3 Å². The molecule has 0 bridgehead atoms. The van der Waals surface area contributed by atoms with E-state index in [0.717, 1.165) is 0 Å². The molecule has 0 atom stereocenters. The van der Waals surface area contributed by atoms with Crippen molar-refractivity contribution < 1.29 is 24.1 Å². The number of hydrogen-bond donors (Lipinski definition) is 2. The van der Waals surface area contributed by atoms with Crippen LogP contribution in [0.2, 0.25) is 0 Å². The third-order valence-corrected chi connectivity index (χ3v) is 2.31. The first-order chi connectivity index (χ1) is 9.77. The molecule has 112 valence electrons. The van der Waals surface area contributed by atoms with Gasteiger partial charge in [0.05, 0.1) is 26.4 Å². The van der Waals surface area contributed by atoms with Gasteiger partial charge in [-0.2, -0.15) is 0 Å². The summed E-state index contributed by atoms with van der Waals surface area (Å²) in [5, 5.41) is 11.2. The van der Waals surface area contributed by atoms with E-state index in [2.05, 4.69) is 5.32 Å². The number of aliphatic hydroxyl groups excluding tert-OH is 1. The van der Waals surface area contributed by atoms with Gasteiger partial charge in [-0.25, -0.2) is 0 Å². The van der Waals surface area contributed by atoms with Crippen molar-refractivity contribution in [1.29, 1.82) is 0 Å². The van der Waals surface area contributed by atoms with Crippen LogP contribution in [0.15, 0.2) is 24.3 Å². The zero-order valence-corrected chi connectivity index (χ0v) is 11.6. The maximum atomic E-state index is 11.5. The Bertz CT molecular complexity index is 397. The number of aliphatic hydroxyl groups is 1. The highest BCUT2D eigenvalue weighted by molar-refractivity contribution is 5.77. The molecule has 0 aromatic heterocycles. The molecule has 1 aromatic rings. The second-order valence-corrected chi connectivity index (χ2v) is 3.85. The molecule has 0 aliphatic carbocycles. The van der Waals surface area contributed by atoms with Gasteiger partial charge in [0.25, 0.3) is 5.91 Å². The number of ether oxygens (including phenoxy) is 3. The molecule has 6 heteroatoms. The first kappa shape index (κ1) is 16.3. The fourth-order valence-corrected chi connectivity index (χ4v) is 1.47. The molecule has 1 amide bonds. The van der Waals surface area contributed by atoms with E-state index in [0.29, 0.717) is 31.3 Å². The van der Waals surface area contributed by atoms with E-state index in [1.807, 2.05) is 19.1 Å². The molecule has 0 heterocycles. The molecule has 0 aliphatic heterocycles. The maximum Gasteiger partial charge on any atom is 0.258 e. The van der Waals surface area contributed by atoms with Crippen LogP contribution in [0, 0.1) is 0 Å². The Hall–Kier alpha value is -1.79. The van der Waals surface area contributed by atoms with Crippen LogP contribution in [0.1, 0.15) is 6.92 Å². The molecule has 0 aliphatic rings. The molecule has 20 heavy (non-hydrogen) atoms. The molecule has 2 N–H and O–H groups in total. The van der Waals surface area contributed by atoms with E-state index in [1.54, 1.807) is 12.1 Å². The van der Waals surface area contributed by atoms with Gasteiger partial charge in [-0.1, -0.05) is 12.1 Å². The van der Waals surface area contributed by atoms with Crippen molar-refractivity contribution in [3.05, 3.63) is 24.3 Å². The first-order valence-corrected chi connectivity index (χ1v) is 6.57. The Morgan fingerprint density at radius 3 is 2.55 bits per heavy atom. The van der Waals surface area contributed by atoms with E-state index >= 15 is 0 Å². The van der Waals surface area contributed by atoms with Gasteiger partial charge in [0.15, 0.2) is 18.1 Å². The Morgan fingerprint density at radius 2 is 1.90 bits per heavy atom. The van der Waals surface area contributed by atoms with Crippen molar-refractivity contribution in [3.8, 4) is 11.5 Å². The van der Waals surface area contributed by atoms with Crippen molar-refractivity contribution >= 4 is 5.91 Å². The van der Waals surface area contributed by atoms with Crippen LogP contribution < -0.4 is 14.8 Å². The molecular formula is C14H21NO5. The minimum absolute atomic E-state index is 0.0225. The van der Waals surface area contributed by atoms with E-state index < -0.39 is 0 Å². The molecule has 0 unspecified atom stereocenters. The summed E-state index contributed by atoms with van der Waals surface area (Å²) in [6.07, 6.45) is 0. The van der Waals surface area contributed by atoms with Gasteiger partial charge < -0.3 is 24.6 Å². The molecule has 1 rings (SSSR count). The largest absolute Gasteiger partial charge is 0.490 e. The lowest BCUT2D eigenvalue weighted by molar-refractivity contribution is -0.123. The van der Waals surface area contributed by atoms with Crippen molar-refractivity contribution in [3.63, 3.8) is 0 Å². The van der Waals surface area contributed by atoms with Gasteiger partial charge in [-0.15, -0.1) is 0 Å². The fourth-order valence-electron chi connectivity index (χ4n) is 1.47. The second-order valence-electron chi connectivity index (χ2n) is 3.85. The van der Waals surface area contributed by atoms with Gasteiger partial charge >= 0.3 is 0 Å². The van der Waals surface area contributed by atoms with Gasteiger partial charge in [0.1, 0.15) is 0 Å². The number of carbonyl (C=O) groups is 1. The SMILES string of the molecule is CCOc1ccccc1OCC(=O)NCCOCCO. The molecule has 1 aromatic carbocycles. The lowest BCUT2D eigenvalue weighted by atomic mass is 10.3. The lowest BCUT2D eigenvalue weighted by Gasteiger charge is -2.11. The zero-order chi connectivity index (χ0) is 14.6. The van der Waals surface area contributed by atoms with Crippen LogP contribution >= 0.6 is 0 Å². The third-order valence-electron chi connectivity index (χ3n) is 2.31. The summed E-state index contributed by atoms with van der Waals surface area (Å²) >= 11 is 0. The number of para-hydroxylation sites is 2. The Labute approximate surface area is 118 Å². The monoisotopic (exact) mass is 283 g/mol. The number of carbonyl (C=O) groups excluding carboxylic acids is 1. The molecule has 0 saturated heterocycles. The predicted octanol–water partition coefficient (Wildman–Crippen LogP) is 0.589. The van der Waals surface area contributed by atoms with Crippen LogP contribution in [0.5, 0.6) is 11.5 Å². The quantitative estimate of drug-likeness (QED) is 0.615. The second kappa shape index (κ2) is 10.1. The minimum Gasteiger partial charge on any atom is -0.490 e. The molecule has 0 fully saturated rings. The highest BCUT2D eigenvalue weighted by atomic mass is 16.5. The summed E-state index contributed by atoms with van der Waals surface area (Å²) in [5.74, 6) is 0.930. The predicted molar refractivity (Wildman–Crippen MR) is 74.0 cm³/mol. The van der Waals surface area contributed by atoms with Crippen LogP contribution in [-0.4, -0.2) is 50.6 Å². The average Bonchev–Trinajstić information content (AvgIpc) is 2.46. The molecule has 0 spiro atoms. The van der Waals surface area contributed by atoms with E-state index in [1.165, 1.54) is 0 Å². The number of rotatable bonds is 10. The number of benzene rings is 1. The summed E-state index contributed by atoms with van der Waals surface area (Å²) in [6.45, 7) is 3.34. The van der Waals surface area contributed by atoms with Crippen LogP contribution in [0.3, 0.4) is 0 Å². The van der Waals surface area contributed by atoms with Crippen molar-refractivity contribution in [1.82, 2.24) is 5.32 Å². The van der Waals surface area contributed by atoms with Crippen molar-refractivity contribution in [2.45, 2.75) is 6.92 Å². The van der Waals surface area contributed by atoms with E-state index in [9.17, 15) is 4.79 Å². The summed E-state index contributed by atoms with van der Waals surface area (Å²) in [4.78, 5) is 11.5. The normalized spacial score (nSPS) is 10.1. The number of hydrogen-bond acceptors (Lipinski definition) is 5. The molecular weight excluding hydrogens is 262 g/mol. The highest BCUT2D eigenvalue weighted by Gasteiger charge is 2.06. The summed E-state index contributed by atoms with van der Waals surface area (Å²) in [5.41, 5.74) is 0. The van der Waals surface area contributed by atoms with Crippen LogP contribution in [0.4, 0.5) is 0 Å². The Morgan fingerprint density at radius 1 is 1.20 bits per heavy atom. The van der Waals surface area contributed by atoms with Gasteiger partial charge in [0.2, 0.25) is 0 Å². The molecule has 6 nitrogen and oxygen atoms in total. The number of amides is 1. The first-order valence-electron chi connectivity index (χ1n) is 6.57. The Kier molecular flexibility index (Phi) is 8.17. The summed E-state index contributed by atoms with van der Waals surface area (Å²) in [6, 6.07) is 7.21. The third kappa shape index (κ3) is 6.40. The summed E-state index contributed by atoms with van der Waals surface area (Å²) in [7, 11) is 0. The van der Waals surface area contributed by atoms with Crippen molar-refractivity contribution in [2.75, 3.05) is 39.6 Å². The average molecular weight is 283 g/mol. The summed E-state index contributed by atoms with van der Waals surface area (Å²) < 4.78 is 15.8. The number of nitrogens with one attached hydrogen (secondary N) is 1. The smallest absolute Gasteiger partial charge is 0.258 e. The standard InChI is InChI=1S/C14H21NO5/c1-2-19-12-5-3-4-6-13(12)20-11-14(17)15-7-9-18-10-8-16/h3-6,16H,2,7-11H2,1H3,(H,15,17). The Balaban J connectivity index is 2.26.